The van der Waals surface area contributed by atoms with E-state index in [1.54, 1.807) is 0 Å². The van der Waals surface area contributed by atoms with Gasteiger partial charge in [-0.2, -0.15) is 13.2 Å². The van der Waals surface area contributed by atoms with Crippen molar-refractivity contribution in [3.05, 3.63) is 24.0 Å². The minimum Gasteiger partial charge on any atom is -0.482 e. The fourth-order valence-electron chi connectivity index (χ4n) is 0.917. The quantitative estimate of drug-likeness (QED) is 0.749. The molecule has 1 rings (SSSR count). The van der Waals surface area contributed by atoms with Crippen LogP contribution in [0.2, 0.25) is 0 Å². The Bertz CT molecular complexity index is 379. The van der Waals surface area contributed by atoms with Crippen LogP contribution in [0.5, 0.6) is 5.75 Å². The third-order valence-electron chi connectivity index (χ3n) is 1.54. The van der Waals surface area contributed by atoms with Gasteiger partial charge >= 0.3 is 12.1 Å². The Morgan fingerprint density at radius 2 is 2.19 bits per heavy atom. The van der Waals surface area contributed by atoms with Crippen molar-refractivity contribution in [2.45, 2.75) is 6.18 Å². The third kappa shape index (κ3) is 3.41. The molecular formula is C9H8F3NO3. The van der Waals surface area contributed by atoms with Gasteiger partial charge in [-0.25, -0.2) is 9.78 Å². The Morgan fingerprint density at radius 1 is 1.50 bits per heavy atom. The number of ether oxygens (including phenoxy) is 2. The van der Waals surface area contributed by atoms with Gasteiger partial charge in [-0.1, -0.05) is 0 Å². The monoisotopic (exact) mass is 235 g/mol. The number of rotatable bonds is 3. The van der Waals surface area contributed by atoms with Crippen LogP contribution in [0.15, 0.2) is 18.3 Å². The average Bonchev–Trinajstić information content (AvgIpc) is 2.25. The summed E-state index contributed by atoms with van der Waals surface area (Å²) < 4.78 is 44.5. The number of hydrogen-bond donors (Lipinski definition) is 0. The van der Waals surface area contributed by atoms with Gasteiger partial charge in [0, 0.05) is 6.20 Å². The van der Waals surface area contributed by atoms with E-state index in [9.17, 15) is 18.0 Å². The van der Waals surface area contributed by atoms with Gasteiger partial charge in [-0.15, -0.1) is 0 Å². The van der Waals surface area contributed by atoms with Crippen molar-refractivity contribution in [3.63, 3.8) is 0 Å². The molecule has 0 aliphatic carbocycles. The largest absolute Gasteiger partial charge is 0.482 e. The smallest absolute Gasteiger partial charge is 0.422 e. The maximum Gasteiger partial charge on any atom is 0.422 e. The Kier molecular flexibility index (Phi) is 3.70. The molecule has 0 amide bonds. The molecular weight excluding hydrogens is 227 g/mol. The molecule has 1 heterocycles. The van der Waals surface area contributed by atoms with E-state index >= 15 is 0 Å². The second kappa shape index (κ2) is 4.82. The molecule has 0 aliphatic rings. The van der Waals surface area contributed by atoms with Gasteiger partial charge in [0.25, 0.3) is 0 Å². The SMILES string of the molecule is COC(=O)c1ncccc1OCC(F)(F)F. The number of halogens is 3. The van der Waals surface area contributed by atoms with Crippen molar-refractivity contribution in [2.75, 3.05) is 13.7 Å². The molecule has 0 atom stereocenters. The predicted octanol–water partition coefficient (Wildman–Crippen LogP) is 1.81. The first kappa shape index (κ1) is 12.3. The first-order chi connectivity index (χ1) is 7.44. The van der Waals surface area contributed by atoms with Crippen LogP contribution < -0.4 is 4.74 Å². The number of hydrogen-bond acceptors (Lipinski definition) is 4. The summed E-state index contributed by atoms with van der Waals surface area (Å²) in [5.74, 6) is -1.11. The summed E-state index contributed by atoms with van der Waals surface area (Å²) in [6.07, 6.45) is -3.21. The molecule has 0 spiro atoms. The molecule has 1 aromatic rings. The topological polar surface area (TPSA) is 48.4 Å². The highest BCUT2D eigenvalue weighted by Gasteiger charge is 2.29. The molecule has 0 saturated carbocycles. The minimum absolute atomic E-state index is 0.258. The van der Waals surface area contributed by atoms with Gasteiger partial charge in [0.2, 0.25) is 0 Å². The maximum absolute atomic E-state index is 11.9. The van der Waals surface area contributed by atoms with Gasteiger partial charge in [-0.3, -0.25) is 0 Å². The van der Waals surface area contributed by atoms with Crippen molar-refractivity contribution < 1.29 is 27.4 Å². The lowest BCUT2D eigenvalue weighted by Gasteiger charge is -2.10. The van der Waals surface area contributed by atoms with E-state index in [-0.39, 0.29) is 11.4 Å². The number of carbonyl (C=O) groups excluding carboxylic acids is 1. The average molecular weight is 235 g/mol. The van der Waals surface area contributed by atoms with E-state index in [0.29, 0.717) is 0 Å². The molecule has 1 aromatic heterocycles. The highest BCUT2D eigenvalue weighted by molar-refractivity contribution is 5.90. The summed E-state index contributed by atoms with van der Waals surface area (Å²) in [7, 11) is 1.10. The Hall–Kier alpha value is -1.79. The first-order valence-electron chi connectivity index (χ1n) is 4.17. The second-order valence-electron chi connectivity index (χ2n) is 2.75. The van der Waals surface area contributed by atoms with Gasteiger partial charge in [0.05, 0.1) is 7.11 Å². The number of nitrogens with zero attached hydrogens (tertiary/aromatic N) is 1. The van der Waals surface area contributed by atoms with E-state index in [1.807, 2.05) is 0 Å². The van der Waals surface area contributed by atoms with E-state index in [2.05, 4.69) is 14.5 Å². The van der Waals surface area contributed by atoms with Gasteiger partial charge < -0.3 is 9.47 Å². The molecule has 0 N–H and O–H groups in total. The van der Waals surface area contributed by atoms with Gasteiger partial charge in [0.15, 0.2) is 18.1 Å². The van der Waals surface area contributed by atoms with Crippen LogP contribution in [0.4, 0.5) is 13.2 Å². The van der Waals surface area contributed by atoms with Crippen molar-refractivity contribution in [1.29, 1.82) is 0 Å². The molecule has 16 heavy (non-hydrogen) atoms. The molecule has 0 saturated heterocycles. The van der Waals surface area contributed by atoms with E-state index < -0.39 is 18.8 Å². The highest BCUT2D eigenvalue weighted by atomic mass is 19.4. The number of esters is 1. The predicted molar refractivity (Wildman–Crippen MR) is 47.1 cm³/mol. The fraction of sp³-hybridized carbons (Fsp3) is 0.333. The lowest BCUT2D eigenvalue weighted by molar-refractivity contribution is -0.153. The standard InChI is InChI=1S/C9H8F3NO3/c1-15-8(14)7-6(3-2-4-13-7)16-5-9(10,11)12/h2-4H,5H2,1H3. The summed E-state index contributed by atoms with van der Waals surface area (Å²) in [6.45, 7) is -1.48. The number of pyridine rings is 1. The second-order valence-corrected chi connectivity index (χ2v) is 2.75. The van der Waals surface area contributed by atoms with Crippen molar-refractivity contribution in [3.8, 4) is 5.75 Å². The molecule has 4 nitrogen and oxygen atoms in total. The van der Waals surface area contributed by atoms with Gasteiger partial charge in [-0.05, 0) is 12.1 Å². The lowest BCUT2D eigenvalue weighted by Crippen LogP contribution is -2.20. The van der Waals surface area contributed by atoms with Crippen molar-refractivity contribution in [1.82, 2.24) is 4.98 Å². The normalized spacial score (nSPS) is 11.0. The molecule has 0 unspecified atom stereocenters. The molecule has 0 aromatic carbocycles. The number of aromatic nitrogens is 1. The lowest BCUT2D eigenvalue weighted by atomic mass is 10.3. The number of carbonyl (C=O) groups is 1. The Labute approximate surface area is 89.0 Å². The van der Waals surface area contributed by atoms with Crippen LogP contribution in [-0.2, 0) is 4.74 Å². The summed E-state index contributed by atoms with van der Waals surface area (Å²) >= 11 is 0. The van der Waals surface area contributed by atoms with Crippen LogP contribution in [0, 0.1) is 0 Å². The molecule has 0 radical (unpaired) electrons. The number of methoxy groups -OCH3 is 1. The zero-order valence-electron chi connectivity index (χ0n) is 8.25. The molecule has 0 aliphatic heterocycles. The van der Waals surface area contributed by atoms with Crippen LogP contribution in [0.3, 0.4) is 0 Å². The Morgan fingerprint density at radius 3 is 2.75 bits per heavy atom. The highest BCUT2D eigenvalue weighted by Crippen LogP contribution is 2.20. The first-order valence-corrected chi connectivity index (χ1v) is 4.17. The summed E-state index contributed by atoms with van der Waals surface area (Å²) in [5, 5.41) is 0. The molecule has 7 heteroatoms. The van der Waals surface area contributed by atoms with Crippen LogP contribution in [-0.4, -0.2) is 30.8 Å². The molecule has 88 valence electrons. The van der Waals surface area contributed by atoms with E-state index in [1.165, 1.54) is 18.3 Å². The minimum atomic E-state index is -4.47. The number of alkyl halides is 3. The zero-order chi connectivity index (χ0) is 12.2. The van der Waals surface area contributed by atoms with Crippen LogP contribution in [0.25, 0.3) is 0 Å². The molecule has 0 bridgehead atoms. The van der Waals surface area contributed by atoms with Crippen LogP contribution >= 0.6 is 0 Å². The van der Waals surface area contributed by atoms with E-state index in [4.69, 9.17) is 0 Å². The zero-order valence-corrected chi connectivity index (χ0v) is 8.25. The fourth-order valence-corrected chi connectivity index (χ4v) is 0.917. The Balaban J connectivity index is 2.83. The van der Waals surface area contributed by atoms with Crippen molar-refractivity contribution >= 4 is 5.97 Å². The third-order valence-corrected chi connectivity index (χ3v) is 1.54. The van der Waals surface area contributed by atoms with Crippen molar-refractivity contribution in [2.24, 2.45) is 0 Å². The van der Waals surface area contributed by atoms with Gasteiger partial charge in [0.1, 0.15) is 0 Å². The summed E-state index contributed by atoms with van der Waals surface area (Å²) in [4.78, 5) is 14.7. The molecule has 0 fully saturated rings. The maximum atomic E-state index is 11.9. The summed E-state index contributed by atoms with van der Waals surface area (Å²) in [5.41, 5.74) is -0.283. The summed E-state index contributed by atoms with van der Waals surface area (Å²) in [6, 6.07) is 2.57. The van der Waals surface area contributed by atoms with Crippen LogP contribution in [0.1, 0.15) is 10.5 Å². The van der Waals surface area contributed by atoms with E-state index in [0.717, 1.165) is 7.11 Å².